The number of nitrogens with zero attached hydrogens (tertiary/aromatic N) is 4. The molecule has 2 aromatic rings. The van der Waals surface area contributed by atoms with Crippen LogP contribution in [0.15, 0.2) is 37.1 Å². The minimum atomic E-state index is -1.17. The topological polar surface area (TPSA) is 101 Å². The van der Waals surface area contributed by atoms with Gasteiger partial charge in [0.15, 0.2) is 12.3 Å². The van der Waals surface area contributed by atoms with Crippen molar-refractivity contribution in [1.29, 1.82) is 0 Å². The first kappa shape index (κ1) is 24.4. The molecule has 0 radical (unpaired) electrons. The van der Waals surface area contributed by atoms with Crippen LogP contribution in [0.5, 0.6) is 5.88 Å². The molecule has 4 saturated heterocycles. The number of alkyl halides is 1. The number of piperazine rings is 1. The average Bonchev–Trinajstić information content (AvgIpc) is 3.65. The van der Waals surface area contributed by atoms with Crippen molar-refractivity contribution in [3.63, 3.8) is 0 Å². The lowest BCUT2D eigenvalue weighted by molar-refractivity contribution is -0.111. The van der Waals surface area contributed by atoms with Crippen molar-refractivity contribution in [3.8, 4) is 5.88 Å². The molecular formula is C25H28ClFN6O4. The number of likely N-dealkylation sites (N-methyl/N-ethyl adjacent to an activating group) is 1. The number of aromatic nitrogens is 2. The van der Waals surface area contributed by atoms with E-state index < -0.39 is 24.5 Å². The van der Waals surface area contributed by atoms with Crippen molar-refractivity contribution in [2.75, 3.05) is 48.9 Å². The summed E-state index contributed by atoms with van der Waals surface area (Å²) in [6.45, 7) is 5.64. The van der Waals surface area contributed by atoms with E-state index in [-0.39, 0.29) is 36.0 Å². The van der Waals surface area contributed by atoms with Crippen molar-refractivity contribution in [1.82, 2.24) is 14.9 Å². The Bertz CT molecular complexity index is 1220. The molecule has 4 aliphatic heterocycles. The van der Waals surface area contributed by atoms with Crippen molar-refractivity contribution in [2.45, 2.75) is 43.0 Å². The second-order valence-corrected chi connectivity index (χ2v) is 10.2. The zero-order valence-electron chi connectivity index (χ0n) is 20.3. The summed E-state index contributed by atoms with van der Waals surface area (Å²) in [7, 11) is 2.15. The van der Waals surface area contributed by atoms with Crippen LogP contribution in [-0.4, -0.2) is 90.7 Å². The monoisotopic (exact) mass is 530 g/mol. The standard InChI is InChI=1S/C25H28ClFN6O4/c1-3-21(34)30-18-6-13(4-5-19(18)33-10-14-7-15(33)9-32(14)2)29-25-28-8-16(26)24(31-25)37-20-12-36-22-17(27)11-35-23(20)22/h3-6,8,14-15,17,20,22-23H,1,7,9-12H2,2H3,(H,30,34)(H,28,29,31)/t14-,15-,17+,20+,22+,23+/m1/s1. The third kappa shape index (κ3) is 4.61. The zero-order valence-corrected chi connectivity index (χ0v) is 21.0. The van der Waals surface area contributed by atoms with E-state index in [0.717, 1.165) is 25.2 Å². The first-order valence-electron chi connectivity index (χ1n) is 12.3. The molecule has 1 aromatic carbocycles. The Morgan fingerprint density at radius 2 is 2.11 bits per heavy atom. The first-order chi connectivity index (χ1) is 17.9. The van der Waals surface area contributed by atoms with Gasteiger partial charge in [-0.2, -0.15) is 4.98 Å². The number of carbonyl (C=O) groups is 1. The Hall–Kier alpha value is -2.99. The maximum atomic E-state index is 13.9. The molecule has 6 rings (SSSR count). The van der Waals surface area contributed by atoms with Crippen LogP contribution < -0.4 is 20.3 Å². The number of rotatable bonds is 7. The zero-order chi connectivity index (χ0) is 25.7. The first-order valence-corrected chi connectivity index (χ1v) is 12.6. The van der Waals surface area contributed by atoms with E-state index in [0.29, 0.717) is 23.5 Å². The van der Waals surface area contributed by atoms with Crippen LogP contribution in [0.4, 0.5) is 27.4 Å². The van der Waals surface area contributed by atoms with Crippen LogP contribution in [0.3, 0.4) is 0 Å². The second kappa shape index (κ2) is 9.71. The number of hydrogen-bond acceptors (Lipinski definition) is 9. The molecule has 1 aromatic heterocycles. The van der Waals surface area contributed by atoms with Crippen molar-refractivity contribution in [3.05, 3.63) is 42.1 Å². The van der Waals surface area contributed by atoms with Crippen LogP contribution in [0.1, 0.15) is 6.42 Å². The maximum absolute atomic E-state index is 13.9. The average molecular weight is 531 g/mol. The van der Waals surface area contributed by atoms with Gasteiger partial charge >= 0.3 is 0 Å². The van der Waals surface area contributed by atoms with Gasteiger partial charge in [-0.3, -0.25) is 9.69 Å². The van der Waals surface area contributed by atoms with Gasteiger partial charge in [-0.05, 0) is 37.7 Å². The molecule has 5 heterocycles. The van der Waals surface area contributed by atoms with Crippen LogP contribution in [-0.2, 0) is 14.3 Å². The van der Waals surface area contributed by atoms with E-state index in [1.165, 1.54) is 12.3 Å². The molecule has 2 bridgehead atoms. The smallest absolute Gasteiger partial charge is 0.247 e. The van der Waals surface area contributed by atoms with E-state index in [4.69, 9.17) is 25.8 Å². The highest BCUT2D eigenvalue weighted by molar-refractivity contribution is 6.31. The molecule has 12 heteroatoms. The summed E-state index contributed by atoms with van der Waals surface area (Å²) in [5.41, 5.74) is 2.30. The molecule has 0 aliphatic carbocycles. The number of fused-ring (bicyclic) bond motifs is 3. The summed E-state index contributed by atoms with van der Waals surface area (Å²) < 4.78 is 30.8. The van der Waals surface area contributed by atoms with Crippen molar-refractivity contribution >= 4 is 40.5 Å². The molecule has 0 saturated carbocycles. The minimum Gasteiger partial charge on any atom is -0.468 e. The van der Waals surface area contributed by atoms with Crippen molar-refractivity contribution in [2.24, 2.45) is 0 Å². The number of ether oxygens (including phenoxy) is 3. The Kier molecular flexibility index (Phi) is 6.39. The van der Waals surface area contributed by atoms with E-state index in [1.54, 1.807) is 0 Å². The molecule has 10 nitrogen and oxygen atoms in total. The summed E-state index contributed by atoms with van der Waals surface area (Å²) in [6.07, 6.45) is 0.930. The van der Waals surface area contributed by atoms with Gasteiger partial charge in [0.2, 0.25) is 17.7 Å². The molecule has 6 atom stereocenters. The predicted molar refractivity (Wildman–Crippen MR) is 137 cm³/mol. The van der Waals surface area contributed by atoms with Gasteiger partial charge < -0.3 is 29.7 Å². The number of amides is 1. The van der Waals surface area contributed by atoms with Gasteiger partial charge in [0.05, 0.1) is 30.8 Å². The highest BCUT2D eigenvalue weighted by Gasteiger charge is 2.49. The van der Waals surface area contributed by atoms with E-state index in [2.05, 4.69) is 44.0 Å². The molecule has 4 fully saturated rings. The molecule has 0 unspecified atom stereocenters. The van der Waals surface area contributed by atoms with Crippen molar-refractivity contribution < 1.29 is 23.4 Å². The highest BCUT2D eigenvalue weighted by Crippen LogP contribution is 2.39. The molecule has 2 N–H and O–H groups in total. The predicted octanol–water partition coefficient (Wildman–Crippen LogP) is 2.77. The Morgan fingerprint density at radius 3 is 2.86 bits per heavy atom. The third-order valence-electron chi connectivity index (χ3n) is 7.44. The summed E-state index contributed by atoms with van der Waals surface area (Å²) in [5.74, 6) is 0.106. The normalized spacial score (nSPS) is 30.4. The highest BCUT2D eigenvalue weighted by atomic mass is 35.5. The molecular weight excluding hydrogens is 503 g/mol. The summed E-state index contributed by atoms with van der Waals surface area (Å²) in [4.78, 5) is 25.6. The quantitative estimate of drug-likeness (QED) is 0.523. The largest absolute Gasteiger partial charge is 0.468 e. The number of halogens is 2. The molecule has 4 aliphatic rings. The number of benzene rings is 1. The van der Waals surface area contributed by atoms with Crippen LogP contribution >= 0.6 is 11.6 Å². The lowest BCUT2D eigenvalue weighted by Crippen LogP contribution is -2.44. The molecule has 0 spiro atoms. The molecule has 196 valence electrons. The fraction of sp³-hybridized carbons (Fsp3) is 0.480. The Morgan fingerprint density at radius 1 is 1.27 bits per heavy atom. The molecule has 37 heavy (non-hydrogen) atoms. The number of nitrogens with one attached hydrogen (secondary N) is 2. The van der Waals surface area contributed by atoms with Gasteiger partial charge in [0, 0.05) is 30.9 Å². The van der Waals surface area contributed by atoms with E-state index in [1.807, 2.05) is 18.2 Å². The third-order valence-corrected chi connectivity index (χ3v) is 7.70. The molecule has 1 amide bonds. The lowest BCUT2D eigenvalue weighted by Gasteiger charge is -2.35. The van der Waals surface area contributed by atoms with Crippen LogP contribution in [0.2, 0.25) is 5.02 Å². The van der Waals surface area contributed by atoms with Crippen LogP contribution in [0, 0.1) is 0 Å². The number of carbonyl (C=O) groups excluding carboxylic acids is 1. The maximum Gasteiger partial charge on any atom is 0.247 e. The van der Waals surface area contributed by atoms with E-state index >= 15 is 0 Å². The SMILES string of the molecule is C=CC(=O)Nc1cc(Nc2ncc(Cl)c(O[C@H]3CO[C@@H]4[C@H]3OC[C@@H]4F)n2)ccc1N1C[C@H]2C[C@@H]1CN2C. The van der Waals surface area contributed by atoms with Gasteiger partial charge in [0.25, 0.3) is 0 Å². The summed E-state index contributed by atoms with van der Waals surface area (Å²) >= 11 is 6.28. The fourth-order valence-corrected chi connectivity index (χ4v) is 5.73. The van der Waals surface area contributed by atoms with Gasteiger partial charge in [0.1, 0.15) is 17.2 Å². The lowest BCUT2D eigenvalue weighted by atomic mass is 10.1. The Balaban J connectivity index is 1.21. The van der Waals surface area contributed by atoms with Gasteiger partial charge in [-0.15, -0.1) is 0 Å². The number of anilines is 4. The summed E-state index contributed by atoms with van der Waals surface area (Å²) in [6, 6.07) is 6.65. The number of likely N-dealkylation sites (tertiary alicyclic amines) is 1. The van der Waals surface area contributed by atoms with Gasteiger partial charge in [-0.25, -0.2) is 9.37 Å². The summed E-state index contributed by atoms with van der Waals surface area (Å²) in [5, 5.41) is 6.30. The van der Waals surface area contributed by atoms with Crippen LogP contribution in [0.25, 0.3) is 0 Å². The fourth-order valence-electron chi connectivity index (χ4n) is 5.59. The number of hydrogen-bond donors (Lipinski definition) is 2. The Labute approximate surface area is 218 Å². The van der Waals surface area contributed by atoms with Gasteiger partial charge in [-0.1, -0.05) is 18.2 Å². The second-order valence-electron chi connectivity index (χ2n) is 9.80. The minimum absolute atomic E-state index is 0.0181. The van der Waals surface area contributed by atoms with E-state index in [9.17, 15) is 9.18 Å².